The summed E-state index contributed by atoms with van der Waals surface area (Å²) >= 11 is 14.0. The summed E-state index contributed by atoms with van der Waals surface area (Å²) in [7, 11) is -10.1. The predicted octanol–water partition coefficient (Wildman–Crippen LogP) is 9.99. The van der Waals surface area contributed by atoms with Gasteiger partial charge in [0.25, 0.3) is 20.2 Å². The van der Waals surface area contributed by atoms with Gasteiger partial charge in [-0.05, 0) is 46.5 Å². The summed E-state index contributed by atoms with van der Waals surface area (Å²) in [4.78, 5) is 0. The predicted molar refractivity (Wildman–Crippen MR) is 199 cm³/mol. The highest BCUT2D eigenvalue weighted by molar-refractivity contribution is 9.11. The van der Waals surface area contributed by atoms with E-state index in [-0.39, 0.29) is 62.7 Å². The van der Waals surface area contributed by atoms with Gasteiger partial charge in [0.15, 0.2) is 9.49 Å². The third kappa shape index (κ3) is 5.37. The monoisotopic (exact) mass is 970 g/mol. The van der Waals surface area contributed by atoms with Crippen LogP contribution in [0.5, 0.6) is 0 Å². The van der Waals surface area contributed by atoms with Crippen LogP contribution in [0.15, 0.2) is 112 Å². The summed E-state index contributed by atoms with van der Waals surface area (Å²) < 4.78 is 86.8. The lowest BCUT2D eigenvalue weighted by atomic mass is 9.78. The van der Waals surface area contributed by atoms with E-state index in [1.807, 2.05) is 0 Å². The standard InChI is InChI=1S/C32H22Br4N4O8S2/c33-21-9-15(10-22(34)27(21)31(49(43,44)45)13-25(39-37)29(41)17-5-1-3-7-19(17)31)16-11-23(35)28(24(36)12-16)32(50(46,47)48)14-26(40-38)30(42)18-6-2-4-8-20(18)32/h1-12,37-38,41-42H,13-14H2,(H,43,44,45)(H,46,47,48)/b39-37+,40-38+. The maximum absolute atomic E-state index is 13.5. The molecule has 0 fully saturated rings. The summed E-state index contributed by atoms with van der Waals surface area (Å²) in [5, 5.41) is 29.1. The fourth-order valence-corrected chi connectivity index (χ4v) is 13.6. The number of nitrogens with zero attached hydrogens (tertiary/aromatic N) is 2. The highest BCUT2D eigenvalue weighted by Gasteiger charge is 2.55. The molecule has 0 saturated heterocycles. The van der Waals surface area contributed by atoms with Crippen LogP contribution in [0.4, 0.5) is 0 Å². The van der Waals surface area contributed by atoms with Crippen molar-refractivity contribution in [1.82, 2.24) is 0 Å². The first kappa shape index (κ1) is 34.0. The molecule has 0 aliphatic heterocycles. The number of halogens is 4. The van der Waals surface area contributed by atoms with Gasteiger partial charge < -0.3 is 10.2 Å². The number of benzene rings is 4. The number of rotatable bonds is 7. The molecule has 6 rings (SSSR count). The van der Waals surface area contributed by atoms with Gasteiger partial charge in [-0.25, -0.2) is 11.0 Å². The quantitative estimate of drug-likeness (QED) is 0.0771. The Balaban J connectivity index is 1.57. The van der Waals surface area contributed by atoms with Crippen LogP contribution in [0.25, 0.3) is 22.6 Å². The van der Waals surface area contributed by atoms with Crippen LogP contribution in [0.3, 0.4) is 0 Å². The van der Waals surface area contributed by atoms with Crippen LogP contribution < -0.4 is 0 Å². The van der Waals surface area contributed by atoms with Gasteiger partial charge in [0, 0.05) is 53.0 Å². The second-order valence-corrected chi connectivity index (χ2v) is 18.2. The second-order valence-electron chi connectivity index (χ2n) is 11.5. The van der Waals surface area contributed by atoms with Gasteiger partial charge in [-0.3, -0.25) is 9.11 Å². The van der Waals surface area contributed by atoms with Crippen molar-refractivity contribution in [2.75, 3.05) is 0 Å². The van der Waals surface area contributed by atoms with Gasteiger partial charge in [-0.1, -0.05) is 112 Å². The highest BCUT2D eigenvalue weighted by Crippen LogP contribution is 2.56. The second kappa shape index (κ2) is 12.8. The Morgan fingerprint density at radius 2 is 0.940 bits per heavy atom. The summed E-state index contributed by atoms with van der Waals surface area (Å²) in [6, 6.07) is 18.4. The Hall–Kier alpha value is -3.10. The van der Waals surface area contributed by atoms with Crippen molar-refractivity contribution in [2.24, 2.45) is 10.2 Å². The molecule has 2 aliphatic rings. The summed E-state index contributed by atoms with van der Waals surface area (Å²) in [6.07, 6.45) is -1.16. The Morgan fingerprint density at radius 1 is 0.620 bits per heavy atom. The molecule has 18 heteroatoms. The Labute approximate surface area is 322 Å². The topological polar surface area (TPSA) is 222 Å². The maximum atomic E-state index is 13.5. The lowest BCUT2D eigenvalue weighted by molar-refractivity contribution is 0.429. The molecule has 0 saturated carbocycles. The Morgan fingerprint density at radius 3 is 1.24 bits per heavy atom. The minimum absolute atomic E-state index is 0.0515. The zero-order valence-electron chi connectivity index (χ0n) is 26.9. The van der Waals surface area contributed by atoms with Gasteiger partial charge in [-0.15, -0.1) is 0 Å². The lowest BCUT2D eigenvalue weighted by Crippen LogP contribution is -2.41. The molecular weight excluding hydrogens is 952 g/mol. The first-order valence-corrected chi connectivity index (χ1v) is 20.2. The summed E-state index contributed by atoms with van der Waals surface area (Å²) in [6.45, 7) is 0. The molecule has 12 nitrogen and oxygen atoms in total. The van der Waals surface area contributed by atoms with Gasteiger partial charge in [0.05, 0.1) is 0 Å². The molecule has 2 atom stereocenters. The number of fused-ring (bicyclic) bond motifs is 2. The van der Waals surface area contributed by atoms with E-state index in [0.29, 0.717) is 11.1 Å². The minimum atomic E-state index is -5.05. The van der Waals surface area contributed by atoms with E-state index in [4.69, 9.17) is 2.82 Å². The number of allylic oxidation sites excluding steroid dienone is 2. The fraction of sp³-hybridized carbons (Fsp3) is 0.125. The van der Waals surface area contributed by atoms with Crippen LogP contribution in [-0.4, -0.2) is 36.2 Å². The number of hydrogen-bond donors (Lipinski definition) is 6. The van der Waals surface area contributed by atoms with Crippen LogP contribution in [-0.2, 0) is 29.7 Å². The average molecular weight is 974 g/mol. The molecule has 0 aromatic heterocycles. The zero-order chi connectivity index (χ0) is 38.0. The normalized spacial score (nSPS) is 21.7. The largest absolute Gasteiger partial charge is 0.505 e. The van der Waals surface area contributed by atoms with Crippen molar-refractivity contribution in [3.8, 4) is 11.1 Å². The summed E-state index contributed by atoms with van der Waals surface area (Å²) in [5.74, 6) is -0.790. The van der Waals surface area contributed by atoms with E-state index < -0.39 is 54.1 Å². The van der Waals surface area contributed by atoms with Gasteiger partial charge in [0.1, 0.15) is 22.9 Å². The van der Waals surface area contributed by atoms with E-state index in [2.05, 4.69) is 85.0 Å². The third-order valence-electron chi connectivity index (χ3n) is 8.96. The number of aliphatic hydroxyl groups excluding tert-OH is 2. The van der Waals surface area contributed by atoms with Crippen molar-refractivity contribution >= 4 is 95.5 Å². The van der Waals surface area contributed by atoms with Crippen LogP contribution in [0, 0.1) is 11.0 Å². The van der Waals surface area contributed by atoms with Gasteiger partial charge >= 0.3 is 0 Å². The molecule has 2 unspecified atom stereocenters. The molecule has 4 aromatic carbocycles. The lowest BCUT2D eigenvalue weighted by Gasteiger charge is -2.38. The molecule has 0 heterocycles. The SMILES string of the molecule is [H]/N=N/C1=C(O)c2ccccc2C(c2c(Br)cc(-c3cc(Br)c(C4(S(=O)(=O)O)CC(/N=N/[H])=C(O)c5ccccc54)c(Br)c3)cc2Br)(S(=O)(=O)O)C1. The smallest absolute Gasteiger partial charge is 0.279 e. The van der Waals surface area contributed by atoms with E-state index in [1.165, 1.54) is 24.3 Å². The highest BCUT2D eigenvalue weighted by atomic mass is 79.9. The molecule has 6 N–H and O–H groups in total. The van der Waals surface area contributed by atoms with Crippen molar-refractivity contribution < 1.29 is 39.0 Å². The van der Waals surface area contributed by atoms with Gasteiger partial charge in [-0.2, -0.15) is 27.1 Å². The van der Waals surface area contributed by atoms with Crippen molar-refractivity contribution in [3.05, 3.63) is 135 Å². The molecule has 50 heavy (non-hydrogen) atoms. The molecule has 258 valence electrons. The zero-order valence-corrected chi connectivity index (χ0v) is 32.9. The molecule has 4 aromatic rings. The minimum Gasteiger partial charge on any atom is -0.505 e. The van der Waals surface area contributed by atoms with E-state index >= 15 is 0 Å². The number of aliphatic hydroxyl groups is 2. The van der Waals surface area contributed by atoms with Crippen molar-refractivity contribution in [2.45, 2.75) is 22.3 Å². The van der Waals surface area contributed by atoms with Crippen LogP contribution in [0.1, 0.15) is 46.2 Å². The fourth-order valence-electron chi connectivity index (χ4n) is 6.80. The first-order chi connectivity index (χ1) is 24.4. The molecule has 0 spiro atoms. The molecule has 0 bridgehead atoms. The Bertz CT molecular complexity index is 2330. The third-order valence-corrected chi connectivity index (χ3v) is 14.4. The van der Waals surface area contributed by atoms with Crippen LogP contribution >= 0.6 is 63.7 Å². The molecular formula is C32H22Br4N4O8S2. The molecule has 0 amide bonds. The Kier molecular flexibility index (Phi) is 8.73. The van der Waals surface area contributed by atoms with Crippen molar-refractivity contribution in [1.29, 1.82) is 11.0 Å². The van der Waals surface area contributed by atoms with E-state index in [0.717, 1.165) is 0 Å². The molecule has 0 radical (unpaired) electrons. The first-order valence-electron chi connectivity index (χ1n) is 15.0. The summed E-state index contributed by atoms with van der Waals surface area (Å²) in [5.41, 5.74) is 6.77. The maximum Gasteiger partial charge on any atom is 0.279 e. The number of nitrogens with one attached hydrogen (secondary N) is 2. The molecule has 2 aliphatic carbocycles. The average Bonchev–Trinajstić information content (AvgIpc) is 3.07. The number of hydrogen-bond acceptors (Lipinski definition) is 10. The van der Waals surface area contributed by atoms with Gasteiger partial charge in [0.2, 0.25) is 2.82 Å². The van der Waals surface area contributed by atoms with E-state index in [1.54, 1.807) is 48.5 Å². The van der Waals surface area contributed by atoms with Crippen LogP contribution in [0.2, 0.25) is 2.82 Å². The van der Waals surface area contributed by atoms with E-state index in [9.17, 15) is 36.2 Å². The van der Waals surface area contributed by atoms with Crippen molar-refractivity contribution in [3.63, 3.8) is 0 Å².